The minimum absolute atomic E-state index is 0.0395. The minimum Gasteiger partial charge on any atom is -0.480 e. The van der Waals surface area contributed by atoms with Crippen LogP contribution in [0, 0.1) is 0 Å². The third kappa shape index (κ3) is 5.37. The molecule has 3 N–H and O–H groups in total. The number of carbonyl (C=O) groups is 3. The number of nitrogens with zero attached hydrogens (tertiary/aromatic N) is 2. The second-order valence-corrected chi connectivity index (χ2v) is 11.5. The number of carbonyl (C=O) groups excluding carboxylic acids is 2. The van der Waals surface area contributed by atoms with Crippen LogP contribution in [0.15, 0.2) is 78.9 Å². The van der Waals surface area contributed by atoms with Crippen LogP contribution >= 0.6 is 0 Å². The largest absolute Gasteiger partial charge is 0.480 e. The molecule has 0 spiro atoms. The van der Waals surface area contributed by atoms with E-state index in [0.29, 0.717) is 32.5 Å². The van der Waals surface area contributed by atoms with E-state index in [1.807, 2.05) is 66.7 Å². The standard InChI is InChI=1S/C33H35N3O6/c37-23-18-29(30(38)39)36(20-23)31(40)33(14-16-35(17-15-33)19-22-8-2-1-3-9-22)34-32(41)42-21-28-26-12-6-4-10-24(26)25-11-5-7-13-27(25)28/h1-13,23,28-29,37H,14-21H2,(H,34,41)(H,38,39). The number of aliphatic carboxylic acids is 1. The van der Waals surface area contributed by atoms with E-state index in [1.165, 1.54) is 4.90 Å². The van der Waals surface area contributed by atoms with Gasteiger partial charge in [-0.2, -0.15) is 0 Å². The van der Waals surface area contributed by atoms with Crippen molar-refractivity contribution in [3.8, 4) is 11.1 Å². The lowest BCUT2D eigenvalue weighted by molar-refractivity contribution is -0.152. The van der Waals surface area contributed by atoms with Crippen molar-refractivity contribution in [1.29, 1.82) is 0 Å². The molecule has 2 amide bonds. The molecule has 9 nitrogen and oxygen atoms in total. The number of ether oxygens (including phenoxy) is 1. The van der Waals surface area contributed by atoms with Gasteiger partial charge in [0.15, 0.2) is 0 Å². The number of amides is 2. The zero-order valence-electron chi connectivity index (χ0n) is 23.3. The van der Waals surface area contributed by atoms with E-state index >= 15 is 0 Å². The van der Waals surface area contributed by atoms with Crippen LogP contribution < -0.4 is 5.32 Å². The first-order valence-electron chi connectivity index (χ1n) is 14.5. The molecule has 2 saturated heterocycles. The van der Waals surface area contributed by atoms with Crippen LogP contribution in [0.25, 0.3) is 11.1 Å². The number of carboxylic acid groups (broad SMARTS) is 1. The summed E-state index contributed by atoms with van der Waals surface area (Å²) in [6, 6.07) is 25.0. The van der Waals surface area contributed by atoms with Crippen LogP contribution in [0.2, 0.25) is 0 Å². The average molecular weight is 570 g/mol. The summed E-state index contributed by atoms with van der Waals surface area (Å²) in [7, 11) is 0. The topological polar surface area (TPSA) is 119 Å². The Balaban J connectivity index is 1.19. The molecule has 2 heterocycles. The summed E-state index contributed by atoms with van der Waals surface area (Å²) in [5, 5.41) is 22.9. The lowest BCUT2D eigenvalue weighted by atomic mass is 9.85. The average Bonchev–Trinajstić information content (AvgIpc) is 3.55. The van der Waals surface area contributed by atoms with Crippen LogP contribution in [0.1, 0.15) is 41.9 Å². The third-order valence-corrected chi connectivity index (χ3v) is 8.88. The van der Waals surface area contributed by atoms with Gasteiger partial charge < -0.3 is 25.2 Å². The van der Waals surface area contributed by atoms with Crippen molar-refractivity contribution < 1.29 is 29.3 Å². The van der Waals surface area contributed by atoms with Crippen molar-refractivity contribution in [3.63, 3.8) is 0 Å². The Morgan fingerprint density at radius 1 is 0.881 bits per heavy atom. The number of alkyl carbamates (subject to hydrolysis) is 1. The maximum atomic E-state index is 14.0. The van der Waals surface area contributed by atoms with Gasteiger partial charge in [-0.3, -0.25) is 9.69 Å². The summed E-state index contributed by atoms with van der Waals surface area (Å²) in [4.78, 5) is 42.8. The van der Waals surface area contributed by atoms with E-state index in [9.17, 15) is 24.6 Å². The van der Waals surface area contributed by atoms with E-state index in [1.54, 1.807) is 0 Å². The van der Waals surface area contributed by atoms with Crippen molar-refractivity contribution >= 4 is 18.0 Å². The summed E-state index contributed by atoms with van der Waals surface area (Å²) in [6.07, 6.45) is -1.10. The predicted octanol–water partition coefficient (Wildman–Crippen LogP) is 3.61. The minimum atomic E-state index is -1.34. The molecule has 218 valence electrons. The van der Waals surface area contributed by atoms with Crippen LogP contribution in [0.5, 0.6) is 0 Å². The van der Waals surface area contributed by atoms with Crippen molar-refractivity contribution in [2.45, 2.75) is 49.4 Å². The highest BCUT2D eigenvalue weighted by molar-refractivity contribution is 5.93. The first kappa shape index (κ1) is 27.9. The Morgan fingerprint density at radius 2 is 1.48 bits per heavy atom. The number of benzene rings is 3. The number of carboxylic acids is 1. The predicted molar refractivity (Wildman–Crippen MR) is 156 cm³/mol. The molecule has 2 aliphatic heterocycles. The highest BCUT2D eigenvalue weighted by Crippen LogP contribution is 2.44. The number of rotatable bonds is 7. The van der Waals surface area contributed by atoms with E-state index in [4.69, 9.17) is 4.74 Å². The van der Waals surface area contributed by atoms with Crippen molar-refractivity contribution in [2.75, 3.05) is 26.2 Å². The number of β-amino-alcohol motifs (C(OH)–C–C–N with tert-alkyl or cyclic N) is 1. The summed E-state index contributed by atoms with van der Waals surface area (Å²) in [5.41, 5.74) is 4.21. The number of hydrogen-bond donors (Lipinski definition) is 3. The smallest absolute Gasteiger partial charge is 0.408 e. The molecule has 0 radical (unpaired) electrons. The number of aliphatic hydroxyl groups excluding tert-OH is 1. The molecule has 9 heteroatoms. The summed E-state index contributed by atoms with van der Waals surface area (Å²) < 4.78 is 5.80. The lowest BCUT2D eigenvalue weighted by Gasteiger charge is -2.43. The van der Waals surface area contributed by atoms with E-state index in [2.05, 4.69) is 22.3 Å². The number of fused-ring (bicyclic) bond motifs is 3. The van der Waals surface area contributed by atoms with Crippen molar-refractivity contribution in [3.05, 3.63) is 95.6 Å². The maximum Gasteiger partial charge on any atom is 0.408 e. The van der Waals surface area contributed by atoms with Gasteiger partial charge in [-0.1, -0.05) is 78.9 Å². The quantitative estimate of drug-likeness (QED) is 0.398. The molecule has 3 aromatic carbocycles. The Morgan fingerprint density at radius 3 is 2.10 bits per heavy atom. The molecule has 0 aromatic heterocycles. The number of piperidine rings is 1. The highest BCUT2D eigenvalue weighted by atomic mass is 16.5. The number of likely N-dealkylation sites (tertiary alicyclic amines) is 2. The maximum absolute atomic E-state index is 14.0. The monoisotopic (exact) mass is 569 g/mol. The van der Waals surface area contributed by atoms with Gasteiger partial charge in [0.2, 0.25) is 5.91 Å². The Kier molecular flexibility index (Phi) is 7.70. The zero-order valence-corrected chi connectivity index (χ0v) is 23.3. The molecule has 6 rings (SSSR count). The molecule has 3 aliphatic rings. The van der Waals surface area contributed by atoms with Gasteiger partial charge >= 0.3 is 12.1 Å². The first-order valence-corrected chi connectivity index (χ1v) is 14.5. The zero-order chi connectivity index (χ0) is 29.3. The highest BCUT2D eigenvalue weighted by Gasteiger charge is 2.50. The Hall–Kier alpha value is -4.21. The van der Waals surface area contributed by atoms with E-state index in [-0.39, 0.29) is 25.5 Å². The second kappa shape index (κ2) is 11.6. The molecule has 2 fully saturated rings. The normalized spacial score (nSPS) is 21.4. The fourth-order valence-corrected chi connectivity index (χ4v) is 6.70. The van der Waals surface area contributed by atoms with Crippen LogP contribution in [0.4, 0.5) is 4.79 Å². The third-order valence-electron chi connectivity index (χ3n) is 8.88. The number of hydrogen-bond acceptors (Lipinski definition) is 6. The second-order valence-electron chi connectivity index (χ2n) is 11.5. The van der Waals surface area contributed by atoms with Gasteiger partial charge in [0, 0.05) is 38.5 Å². The molecular formula is C33H35N3O6. The van der Waals surface area contributed by atoms with Gasteiger partial charge in [-0.05, 0) is 40.7 Å². The Labute approximate surface area is 244 Å². The van der Waals surface area contributed by atoms with Crippen molar-refractivity contribution in [2.24, 2.45) is 0 Å². The van der Waals surface area contributed by atoms with Gasteiger partial charge in [0.1, 0.15) is 18.2 Å². The SMILES string of the molecule is O=C(NC1(C(=O)N2CC(O)CC2C(=O)O)CCN(Cc2ccccc2)CC1)OCC1c2ccccc2-c2ccccc21. The molecule has 42 heavy (non-hydrogen) atoms. The van der Waals surface area contributed by atoms with Gasteiger partial charge in [-0.15, -0.1) is 0 Å². The number of aliphatic hydroxyl groups is 1. The Bertz CT molecular complexity index is 1420. The molecule has 2 atom stereocenters. The lowest BCUT2D eigenvalue weighted by Crippen LogP contribution is -2.65. The van der Waals surface area contributed by atoms with Crippen LogP contribution in [-0.4, -0.2) is 81.9 Å². The summed E-state index contributed by atoms with van der Waals surface area (Å²) >= 11 is 0. The summed E-state index contributed by atoms with van der Waals surface area (Å²) in [5.74, 6) is -1.79. The molecule has 0 saturated carbocycles. The fraction of sp³-hybridized carbons (Fsp3) is 0.364. The number of nitrogens with one attached hydrogen (secondary N) is 1. The van der Waals surface area contributed by atoms with Gasteiger partial charge in [0.05, 0.1) is 6.10 Å². The van der Waals surface area contributed by atoms with Gasteiger partial charge in [-0.25, -0.2) is 9.59 Å². The van der Waals surface area contributed by atoms with E-state index < -0.39 is 35.7 Å². The molecule has 2 unspecified atom stereocenters. The first-order chi connectivity index (χ1) is 20.3. The van der Waals surface area contributed by atoms with Crippen molar-refractivity contribution in [1.82, 2.24) is 15.1 Å². The van der Waals surface area contributed by atoms with Crippen LogP contribution in [-0.2, 0) is 20.9 Å². The van der Waals surface area contributed by atoms with Crippen LogP contribution in [0.3, 0.4) is 0 Å². The molecule has 0 bridgehead atoms. The van der Waals surface area contributed by atoms with E-state index in [0.717, 1.165) is 27.8 Å². The summed E-state index contributed by atoms with van der Waals surface area (Å²) in [6.45, 7) is 1.77. The molecule has 1 aliphatic carbocycles. The molecule has 3 aromatic rings. The molecular weight excluding hydrogens is 534 g/mol. The fourth-order valence-electron chi connectivity index (χ4n) is 6.70. The van der Waals surface area contributed by atoms with Gasteiger partial charge in [0.25, 0.3) is 0 Å².